The Morgan fingerprint density at radius 1 is 1.03 bits per heavy atom. The number of piperidine rings is 1. The van der Waals surface area contributed by atoms with E-state index in [1.165, 1.54) is 21.1 Å². The Bertz CT molecular complexity index is 1190. The van der Waals surface area contributed by atoms with E-state index in [-0.39, 0.29) is 30.1 Å². The highest BCUT2D eigenvalue weighted by atomic mass is 16.5. The van der Waals surface area contributed by atoms with Crippen molar-refractivity contribution in [3.05, 3.63) is 53.6 Å². The molecule has 4 amide bonds. The first-order chi connectivity index (χ1) is 18.6. The van der Waals surface area contributed by atoms with Gasteiger partial charge in [0, 0.05) is 38.7 Å². The normalized spacial score (nSPS) is 14.2. The number of hydrogen-bond acceptors (Lipinski definition) is 6. The molecule has 1 aliphatic rings. The van der Waals surface area contributed by atoms with Gasteiger partial charge in [-0.25, -0.2) is 4.79 Å². The Hall–Kier alpha value is -4.08. The van der Waals surface area contributed by atoms with E-state index in [0.717, 1.165) is 11.1 Å². The van der Waals surface area contributed by atoms with Crippen LogP contribution >= 0.6 is 0 Å². The summed E-state index contributed by atoms with van der Waals surface area (Å²) in [6, 6.07) is 11.3. The van der Waals surface area contributed by atoms with Gasteiger partial charge >= 0.3 is 6.03 Å². The van der Waals surface area contributed by atoms with Crippen LogP contribution in [0.2, 0.25) is 0 Å². The van der Waals surface area contributed by atoms with Crippen molar-refractivity contribution >= 4 is 29.3 Å². The molecule has 0 spiro atoms. The van der Waals surface area contributed by atoms with Crippen LogP contribution in [-0.4, -0.2) is 72.8 Å². The van der Waals surface area contributed by atoms with Gasteiger partial charge in [-0.3, -0.25) is 14.4 Å². The van der Waals surface area contributed by atoms with Gasteiger partial charge in [-0.2, -0.15) is 0 Å². The number of urea groups is 1. The number of carbonyl (C=O) groups is 4. The second-order valence-electron chi connectivity index (χ2n) is 9.72. The van der Waals surface area contributed by atoms with Gasteiger partial charge in [0.15, 0.2) is 5.78 Å². The van der Waals surface area contributed by atoms with Crippen molar-refractivity contribution < 1.29 is 28.7 Å². The molecule has 10 heteroatoms. The molecule has 1 fully saturated rings. The third-order valence-corrected chi connectivity index (χ3v) is 7.09. The zero-order chi connectivity index (χ0) is 28.5. The lowest BCUT2D eigenvalue weighted by Crippen LogP contribution is -2.50. The van der Waals surface area contributed by atoms with E-state index in [0.29, 0.717) is 49.7 Å². The van der Waals surface area contributed by atoms with Gasteiger partial charge in [0.1, 0.15) is 11.5 Å². The Labute approximate surface area is 229 Å². The molecule has 0 radical (unpaired) electrons. The second-order valence-corrected chi connectivity index (χ2v) is 9.72. The molecule has 1 aliphatic heterocycles. The quantitative estimate of drug-likeness (QED) is 0.478. The lowest BCUT2D eigenvalue weighted by Gasteiger charge is -2.38. The number of methoxy groups -OCH3 is 2. The smallest absolute Gasteiger partial charge is 0.319 e. The van der Waals surface area contributed by atoms with Crippen LogP contribution in [-0.2, 0) is 20.9 Å². The fraction of sp³-hybridized carbons (Fsp3) is 0.448. The molecule has 3 rings (SSSR count). The van der Waals surface area contributed by atoms with Crippen molar-refractivity contribution in [2.45, 2.75) is 58.7 Å². The minimum Gasteiger partial charge on any atom is -0.497 e. The Morgan fingerprint density at radius 2 is 1.72 bits per heavy atom. The van der Waals surface area contributed by atoms with E-state index in [1.807, 2.05) is 36.1 Å². The highest BCUT2D eigenvalue weighted by Gasteiger charge is 2.30. The minimum absolute atomic E-state index is 0.00236. The number of rotatable bonds is 10. The third-order valence-electron chi connectivity index (χ3n) is 7.09. The molecule has 0 saturated carbocycles. The molecule has 10 nitrogen and oxygen atoms in total. The molecule has 1 saturated heterocycles. The average molecular weight is 539 g/mol. The highest BCUT2D eigenvalue weighted by molar-refractivity contribution is 5.96. The van der Waals surface area contributed by atoms with Crippen molar-refractivity contribution in [3.63, 3.8) is 0 Å². The first-order valence-electron chi connectivity index (χ1n) is 13.0. The number of amides is 4. The van der Waals surface area contributed by atoms with Gasteiger partial charge in [-0.1, -0.05) is 24.3 Å². The maximum absolute atomic E-state index is 13.1. The molecule has 210 valence electrons. The standard InChI is InChI=1S/C29H38N4O6/c1-19-8-6-7-9-22(19)18-33(21(3)35)23-12-14-32(15-13-23)28(36)17-25(20(2)34)30-29(37)31-26-16-24(38-4)10-11-27(26)39-5/h6-11,16,23,25H,12-15,17-18H2,1-5H3,(H2,30,31,37). The number of nitrogens with zero attached hydrogens (tertiary/aromatic N) is 2. The lowest BCUT2D eigenvalue weighted by molar-refractivity contribution is -0.137. The van der Waals surface area contributed by atoms with Crippen LogP contribution in [0.3, 0.4) is 0 Å². The number of carbonyl (C=O) groups excluding carboxylic acids is 4. The summed E-state index contributed by atoms with van der Waals surface area (Å²) in [5.74, 6) is 0.400. The number of ether oxygens (including phenoxy) is 2. The van der Waals surface area contributed by atoms with Crippen molar-refractivity contribution in [1.82, 2.24) is 15.1 Å². The van der Waals surface area contributed by atoms with E-state index in [9.17, 15) is 19.2 Å². The van der Waals surface area contributed by atoms with Crippen LogP contribution in [0, 0.1) is 6.92 Å². The molecule has 0 bridgehead atoms. The molecule has 1 heterocycles. The summed E-state index contributed by atoms with van der Waals surface area (Å²) in [6.07, 6.45) is 1.14. The van der Waals surface area contributed by atoms with Crippen molar-refractivity contribution in [3.8, 4) is 11.5 Å². The van der Waals surface area contributed by atoms with E-state index < -0.39 is 12.1 Å². The molecule has 39 heavy (non-hydrogen) atoms. The average Bonchev–Trinajstić information content (AvgIpc) is 2.92. The van der Waals surface area contributed by atoms with Crippen molar-refractivity contribution in [2.75, 3.05) is 32.6 Å². The maximum Gasteiger partial charge on any atom is 0.319 e. The number of hydrogen-bond donors (Lipinski definition) is 2. The molecule has 1 atom stereocenters. The lowest BCUT2D eigenvalue weighted by atomic mass is 10.00. The summed E-state index contributed by atoms with van der Waals surface area (Å²) in [7, 11) is 2.98. The Balaban J connectivity index is 1.57. The molecule has 2 N–H and O–H groups in total. The van der Waals surface area contributed by atoms with E-state index >= 15 is 0 Å². The van der Waals surface area contributed by atoms with E-state index in [4.69, 9.17) is 9.47 Å². The number of anilines is 1. The fourth-order valence-electron chi connectivity index (χ4n) is 4.72. The summed E-state index contributed by atoms with van der Waals surface area (Å²) in [5.41, 5.74) is 2.60. The zero-order valence-corrected chi connectivity index (χ0v) is 23.3. The number of aryl methyl sites for hydroxylation is 1. The summed E-state index contributed by atoms with van der Waals surface area (Å²) in [4.78, 5) is 54.1. The monoisotopic (exact) mass is 538 g/mol. The first kappa shape index (κ1) is 29.5. The third kappa shape index (κ3) is 7.95. The largest absolute Gasteiger partial charge is 0.497 e. The summed E-state index contributed by atoms with van der Waals surface area (Å²) in [5, 5.41) is 5.26. The van der Waals surface area contributed by atoms with Crippen molar-refractivity contribution in [1.29, 1.82) is 0 Å². The van der Waals surface area contributed by atoms with Crippen LogP contribution in [0.4, 0.5) is 10.5 Å². The fourth-order valence-corrected chi connectivity index (χ4v) is 4.72. The second kappa shape index (κ2) is 13.6. The van der Waals surface area contributed by atoms with Gasteiger partial charge in [-0.15, -0.1) is 0 Å². The van der Waals surface area contributed by atoms with Crippen LogP contribution < -0.4 is 20.1 Å². The predicted molar refractivity (Wildman–Crippen MR) is 148 cm³/mol. The molecular weight excluding hydrogens is 500 g/mol. The number of Topliss-reactive ketones (excluding diaryl/α,β-unsaturated/α-hetero) is 1. The number of benzene rings is 2. The molecule has 1 unspecified atom stereocenters. The molecule has 0 aliphatic carbocycles. The van der Waals surface area contributed by atoms with Gasteiger partial charge < -0.3 is 29.9 Å². The van der Waals surface area contributed by atoms with E-state index in [1.54, 1.807) is 30.0 Å². The number of ketones is 1. The molecule has 2 aromatic rings. The van der Waals surface area contributed by atoms with Crippen LogP contribution in [0.15, 0.2) is 42.5 Å². The molecular formula is C29H38N4O6. The predicted octanol–water partition coefficient (Wildman–Crippen LogP) is 3.52. The Kier molecular flexibility index (Phi) is 10.3. The number of likely N-dealkylation sites (tertiary alicyclic amines) is 1. The van der Waals surface area contributed by atoms with Gasteiger partial charge in [0.2, 0.25) is 11.8 Å². The van der Waals surface area contributed by atoms with Gasteiger partial charge in [0.05, 0.1) is 32.4 Å². The highest BCUT2D eigenvalue weighted by Crippen LogP contribution is 2.29. The van der Waals surface area contributed by atoms with Crippen LogP contribution in [0.25, 0.3) is 0 Å². The maximum atomic E-state index is 13.1. The summed E-state index contributed by atoms with van der Waals surface area (Å²) < 4.78 is 10.5. The Morgan fingerprint density at radius 3 is 2.31 bits per heavy atom. The zero-order valence-electron chi connectivity index (χ0n) is 23.3. The summed E-state index contributed by atoms with van der Waals surface area (Å²) in [6.45, 7) is 6.42. The van der Waals surface area contributed by atoms with Crippen molar-refractivity contribution in [2.24, 2.45) is 0 Å². The number of nitrogens with one attached hydrogen (secondary N) is 2. The topological polar surface area (TPSA) is 117 Å². The molecule has 2 aromatic carbocycles. The van der Waals surface area contributed by atoms with Gasteiger partial charge in [-0.05, 0) is 49.9 Å². The first-order valence-corrected chi connectivity index (χ1v) is 13.0. The van der Waals surface area contributed by atoms with Crippen LogP contribution in [0.1, 0.15) is 44.2 Å². The van der Waals surface area contributed by atoms with E-state index in [2.05, 4.69) is 10.6 Å². The minimum atomic E-state index is -0.985. The SMILES string of the molecule is COc1ccc(OC)c(NC(=O)NC(CC(=O)N2CCC(N(Cc3ccccc3C)C(C)=O)CC2)C(C)=O)c1. The summed E-state index contributed by atoms with van der Waals surface area (Å²) >= 11 is 0. The van der Waals surface area contributed by atoms with Crippen LogP contribution in [0.5, 0.6) is 11.5 Å². The van der Waals surface area contributed by atoms with Gasteiger partial charge in [0.25, 0.3) is 0 Å². The molecule has 0 aromatic heterocycles.